The number of hydrogen-bond donors (Lipinski definition) is 1. The second kappa shape index (κ2) is 3.79. The zero-order valence-electron chi connectivity index (χ0n) is 9.61. The first-order valence-corrected chi connectivity index (χ1v) is 6.35. The van der Waals surface area contributed by atoms with Crippen molar-refractivity contribution in [2.24, 2.45) is 14.1 Å². The number of nitrogens with zero attached hydrogens (tertiary/aromatic N) is 2. The Labute approximate surface area is 102 Å². The molecule has 0 saturated heterocycles. The summed E-state index contributed by atoms with van der Waals surface area (Å²) in [6.07, 6.45) is 0. The van der Waals surface area contributed by atoms with Crippen LogP contribution in [0.25, 0.3) is 11.0 Å². The fourth-order valence-corrected chi connectivity index (χ4v) is 2.22. The van der Waals surface area contributed by atoms with Gasteiger partial charge < -0.3 is 9.13 Å². The average molecular weight is 270 g/mol. The fraction of sp³-hybridized carbons (Fsp3) is 0.200. The molecule has 7 nitrogen and oxygen atoms in total. The molecule has 0 aliphatic carbocycles. The Bertz CT molecular complexity index is 860. The van der Waals surface area contributed by atoms with Crippen molar-refractivity contribution in [1.82, 2.24) is 9.13 Å². The van der Waals surface area contributed by atoms with Crippen LogP contribution in [0.2, 0.25) is 0 Å². The molecule has 0 bridgehead atoms. The van der Waals surface area contributed by atoms with Gasteiger partial charge in [0, 0.05) is 14.1 Å². The Morgan fingerprint density at radius 1 is 1.00 bits per heavy atom. The van der Waals surface area contributed by atoms with E-state index >= 15 is 0 Å². The Kier molecular flexibility index (Phi) is 2.63. The molecule has 0 saturated carbocycles. The standard InChI is InChI=1S/C10H10N2O5S/c1-11-7-4-3-6(18(15,16)17)5-8(7)12(2)10(14)9(11)13/h3-5H,1-2H3,(H,15,16,17). The van der Waals surface area contributed by atoms with Gasteiger partial charge in [0.1, 0.15) is 0 Å². The molecule has 1 N–H and O–H groups in total. The molecule has 0 aliphatic rings. The summed E-state index contributed by atoms with van der Waals surface area (Å²) in [7, 11) is -1.57. The van der Waals surface area contributed by atoms with Gasteiger partial charge in [-0.3, -0.25) is 14.1 Å². The fourth-order valence-electron chi connectivity index (χ4n) is 1.72. The van der Waals surface area contributed by atoms with E-state index < -0.39 is 21.2 Å². The van der Waals surface area contributed by atoms with E-state index in [1.165, 1.54) is 26.2 Å². The molecule has 18 heavy (non-hydrogen) atoms. The smallest absolute Gasteiger partial charge is 0.305 e. The summed E-state index contributed by atoms with van der Waals surface area (Å²) in [5, 5.41) is 0. The van der Waals surface area contributed by atoms with Crippen LogP contribution in [0.4, 0.5) is 0 Å². The van der Waals surface area contributed by atoms with Gasteiger partial charge in [-0.2, -0.15) is 8.42 Å². The number of fused-ring (bicyclic) bond motifs is 1. The molecule has 0 amide bonds. The number of aryl methyl sites for hydroxylation is 2. The average Bonchev–Trinajstić information content (AvgIpc) is 2.32. The first kappa shape index (κ1) is 12.5. The van der Waals surface area contributed by atoms with Crippen LogP contribution in [-0.4, -0.2) is 22.1 Å². The summed E-state index contributed by atoms with van der Waals surface area (Å²) in [6.45, 7) is 0. The van der Waals surface area contributed by atoms with Crippen molar-refractivity contribution >= 4 is 21.2 Å². The van der Waals surface area contributed by atoms with Crippen molar-refractivity contribution < 1.29 is 13.0 Å². The van der Waals surface area contributed by atoms with E-state index in [-0.39, 0.29) is 10.4 Å². The van der Waals surface area contributed by atoms with Crippen molar-refractivity contribution in [2.75, 3.05) is 0 Å². The van der Waals surface area contributed by atoms with E-state index in [0.717, 1.165) is 15.2 Å². The summed E-state index contributed by atoms with van der Waals surface area (Å²) >= 11 is 0. The van der Waals surface area contributed by atoms with Crippen LogP contribution in [0.5, 0.6) is 0 Å². The topological polar surface area (TPSA) is 98.4 Å². The molecule has 0 aliphatic heterocycles. The highest BCUT2D eigenvalue weighted by Gasteiger charge is 2.14. The van der Waals surface area contributed by atoms with Gasteiger partial charge >= 0.3 is 11.1 Å². The van der Waals surface area contributed by atoms with Gasteiger partial charge in [0.15, 0.2) is 0 Å². The Morgan fingerprint density at radius 3 is 2.00 bits per heavy atom. The SMILES string of the molecule is Cn1c(=O)c(=O)n(C)c2cc(S(=O)(=O)O)ccc21. The molecule has 0 radical (unpaired) electrons. The molecule has 0 fully saturated rings. The molecule has 2 rings (SSSR count). The number of rotatable bonds is 1. The molecule has 8 heteroatoms. The highest BCUT2D eigenvalue weighted by Crippen LogP contribution is 2.16. The Balaban J connectivity index is 3.05. The summed E-state index contributed by atoms with van der Waals surface area (Å²) in [5.41, 5.74) is -0.825. The van der Waals surface area contributed by atoms with Crippen molar-refractivity contribution in [3.8, 4) is 0 Å². The maximum absolute atomic E-state index is 11.6. The molecular formula is C10H10N2O5S. The van der Waals surface area contributed by atoms with Gasteiger partial charge in [-0.15, -0.1) is 0 Å². The predicted molar refractivity (Wildman–Crippen MR) is 64.2 cm³/mol. The van der Waals surface area contributed by atoms with E-state index in [2.05, 4.69) is 0 Å². The van der Waals surface area contributed by atoms with Gasteiger partial charge in [-0.05, 0) is 18.2 Å². The lowest BCUT2D eigenvalue weighted by Gasteiger charge is -2.09. The molecule has 1 aromatic heterocycles. The van der Waals surface area contributed by atoms with Crippen LogP contribution in [0.1, 0.15) is 0 Å². The van der Waals surface area contributed by atoms with Crippen LogP contribution < -0.4 is 11.1 Å². The maximum atomic E-state index is 11.6. The lowest BCUT2D eigenvalue weighted by atomic mass is 10.3. The largest absolute Gasteiger partial charge is 0.316 e. The summed E-state index contributed by atoms with van der Waals surface area (Å²) in [4.78, 5) is 22.8. The van der Waals surface area contributed by atoms with E-state index in [1.807, 2.05) is 0 Å². The minimum Gasteiger partial charge on any atom is -0.305 e. The van der Waals surface area contributed by atoms with Gasteiger partial charge in [0.2, 0.25) is 0 Å². The summed E-state index contributed by atoms with van der Waals surface area (Å²) in [6, 6.07) is 3.67. The van der Waals surface area contributed by atoms with Crippen LogP contribution in [0, 0.1) is 0 Å². The van der Waals surface area contributed by atoms with E-state index in [0.29, 0.717) is 5.52 Å². The predicted octanol–water partition coefficient (Wildman–Crippen LogP) is -0.516. The molecule has 0 unspecified atom stereocenters. The van der Waals surface area contributed by atoms with E-state index in [1.54, 1.807) is 0 Å². The third kappa shape index (κ3) is 1.75. The highest BCUT2D eigenvalue weighted by atomic mass is 32.2. The van der Waals surface area contributed by atoms with Crippen LogP contribution >= 0.6 is 0 Å². The number of hydrogen-bond acceptors (Lipinski definition) is 4. The number of aromatic nitrogens is 2. The third-order valence-electron chi connectivity index (χ3n) is 2.76. The van der Waals surface area contributed by atoms with Crippen LogP contribution in [0.15, 0.2) is 32.7 Å². The molecule has 1 heterocycles. The van der Waals surface area contributed by atoms with E-state index in [4.69, 9.17) is 4.55 Å². The minimum absolute atomic E-state index is 0.247. The second-order valence-electron chi connectivity index (χ2n) is 3.85. The molecule has 96 valence electrons. The lowest BCUT2D eigenvalue weighted by molar-refractivity contribution is 0.483. The first-order chi connectivity index (χ1) is 8.23. The molecular weight excluding hydrogens is 260 g/mol. The van der Waals surface area contributed by atoms with Gasteiger partial charge in [-0.1, -0.05) is 0 Å². The van der Waals surface area contributed by atoms with Crippen LogP contribution in [-0.2, 0) is 24.2 Å². The zero-order chi connectivity index (χ0) is 13.7. The zero-order valence-corrected chi connectivity index (χ0v) is 10.4. The molecule has 0 spiro atoms. The third-order valence-corrected chi connectivity index (χ3v) is 3.61. The van der Waals surface area contributed by atoms with Gasteiger partial charge in [0.25, 0.3) is 10.1 Å². The summed E-state index contributed by atoms with van der Waals surface area (Å²) < 4.78 is 33.2. The monoisotopic (exact) mass is 270 g/mol. The quantitative estimate of drug-likeness (QED) is 0.555. The molecule has 0 atom stereocenters. The maximum Gasteiger partial charge on any atom is 0.316 e. The highest BCUT2D eigenvalue weighted by molar-refractivity contribution is 7.85. The van der Waals surface area contributed by atoms with Gasteiger partial charge in [0.05, 0.1) is 15.9 Å². The van der Waals surface area contributed by atoms with Crippen molar-refractivity contribution in [1.29, 1.82) is 0 Å². The summed E-state index contributed by atoms with van der Waals surface area (Å²) in [5.74, 6) is 0. The number of benzene rings is 1. The van der Waals surface area contributed by atoms with Gasteiger partial charge in [-0.25, -0.2) is 0 Å². The van der Waals surface area contributed by atoms with Crippen molar-refractivity contribution in [2.45, 2.75) is 4.90 Å². The Morgan fingerprint density at radius 2 is 1.50 bits per heavy atom. The Hall–Kier alpha value is -1.93. The minimum atomic E-state index is -4.35. The van der Waals surface area contributed by atoms with Crippen molar-refractivity contribution in [3.63, 3.8) is 0 Å². The van der Waals surface area contributed by atoms with Crippen molar-refractivity contribution in [3.05, 3.63) is 38.9 Å². The van der Waals surface area contributed by atoms with E-state index in [9.17, 15) is 18.0 Å². The van der Waals surface area contributed by atoms with Crippen LogP contribution in [0.3, 0.4) is 0 Å². The lowest BCUT2D eigenvalue weighted by Crippen LogP contribution is -2.39. The normalized spacial score (nSPS) is 11.9. The molecule has 1 aromatic carbocycles. The first-order valence-electron chi connectivity index (χ1n) is 4.91. The second-order valence-corrected chi connectivity index (χ2v) is 5.28. The molecule has 2 aromatic rings.